The second kappa shape index (κ2) is 2.95. The summed E-state index contributed by atoms with van der Waals surface area (Å²) in [4.78, 5) is 7.44. The maximum absolute atomic E-state index is 8.33. The second-order valence-corrected chi connectivity index (χ2v) is 2.56. The predicted molar refractivity (Wildman–Crippen MR) is 39.5 cm³/mol. The number of nitriles is 1. The Hall–Kier alpha value is -0.660. The quantitative estimate of drug-likeness (QED) is 0.667. The molecule has 0 aromatic carbocycles. The van der Waals surface area contributed by atoms with Crippen molar-refractivity contribution in [3.8, 4) is 6.07 Å². The van der Waals surface area contributed by atoms with E-state index in [0.717, 1.165) is 0 Å². The van der Waals surface area contributed by atoms with E-state index in [1.807, 2.05) is 6.07 Å². The van der Waals surface area contributed by atoms with E-state index in [1.165, 1.54) is 6.20 Å². The standard InChI is InChI=1S/C5HBrClN3/c6-4-5(7)10-3(1-8)2-9-4/h2H. The van der Waals surface area contributed by atoms with Gasteiger partial charge in [0.2, 0.25) is 0 Å². The Kier molecular flexibility index (Phi) is 2.20. The smallest absolute Gasteiger partial charge is 0.163 e. The molecule has 0 amide bonds. The van der Waals surface area contributed by atoms with Crippen molar-refractivity contribution in [3.63, 3.8) is 0 Å². The van der Waals surface area contributed by atoms with Crippen LogP contribution in [0.3, 0.4) is 0 Å². The molecule has 0 aliphatic carbocycles. The van der Waals surface area contributed by atoms with Crippen molar-refractivity contribution in [2.75, 3.05) is 0 Å². The summed E-state index contributed by atoms with van der Waals surface area (Å²) < 4.78 is 0.452. The molecule has 1 aromatic rings. The lowest BCUT2D eigenvalue weighted by molar-refractivity contribution is 1.13. The van der Waals surface area contributed by atoms with Crippen LogP contribution in [-0.2, 0) is 0 Å². The normalized spacial score (nSPS) is 8.90. The van der Waals surface area contributed by atoms with Gasteiger partial charge in [-0.1, -0.05) is 11.6 Å². The Morgan fingerprint density at radius 2 is 2.40 bits per heavy atom. The van der Waals surface area contributed by atoms with Crippen LogP contribution < -0.4 is 0 Å². The van der Waals surface area contributed by atoms with Crippen molar-refractivity contribution in [1.82, 2.24) is 9.97 Å². The maximum atomic E-state index is 8.33. The Bertz CT molecular complexity index is 293. The summed E-state index contributed by atoms with van der Waals surface area (Å²) in [7, 11) is 0. The molecule has 0 unspecified atom stereocenters. The van der Waals surface area contributed by atoms with Gasteiger partial charge in [-0.2, -0.15) is 5.26 Å². The number of hydrogen-bond donors (Lipinski definition) is 0. The topological polar surface area (TPSA) is 49.6 Å². The van der Waals surface area contributed by atoms with E-state index in [-0.39, 0.29) is 10.8 Å². The fourth-order valence-electron chi connectivity index (χ4n) is 0.406. The molecule has 0 N–H and O–H groups in total. The third kappa shape index (κ3) is 1.43. The van der Waals surface area contributed by atoms with Crippen LogP contribution in [0.1, 0.15) is 5.69 Å². The van der Waals surface area contributed by atoms with Crippen LogP contribution >= 0.6 is 27.5 Å². The Labute approximate surface area is 70.8 Å². The van der Waals surface area contributed by atoms with Gasteiger partial charge >= 0.3 is 0 Å². The Morgan fingerprint density at radius 1 is 1.70 bits per heavy atom. The summed E-state index contributed by atoms with van der Waals surface area (Å²) in [6.45, 7) is 0. The molecule has 0 spiro atoms. The molecular weight excluding hydrogens is 217 g/mol. The first-order chi connectivity index (χ1) is 4.74. The van der Waals surface area contributed by atoms with Crippen LogP contribution in [0.4, 0.5) is 0 Å². The molecule has 50 valence electrons. The van der Waals surface area contributed by atoms with Crippen molar-refractivity contribution in [2.45, 2.75) is 0 Å². The highest BCUT2D eigenvalue weighted by atomic mass is 79.9. The molecule has 1 aromatic heterocycles. The van der Waals surface area contributed by atoms with Crippen molar-refractivity contribution in [3.05, 3.63) is 21.6 Å². The summed E-state index contributed by atoms with van der Waals surface area (Å²) in [5.41, 5.74) is 0.216. The van der Waals surface area contributed by atoms with Gasteiger partial charge in [-0.3, -0.25) is 0 Å². The van der Waals surface area contributed by atoms with E-state index in [2.05, 4.69) is 25.9 Å². The number of nitrogens with zero attached hydrogens (tertiary/aromatic N) is 3. The number of aromatic nitrogens is 2. The van der Waals surface area contributed by atoms with E-state index in [9.17, 15) is 0 Å². The molecule has 3 nitrogen and oxygen atoms in total. The highest BCUT2D eigenvalue weighted by molar-refractivity contribution is 9.10. The van der Waals surface area contributed by atoms with Crippen LogP contribution in [0.25, 0.3) is 0 Å². The molecule has 1 rings (SSSR count). The molecule has 0 aliphatic heterocycles. The number of rotatable bonds is 0. The van der Waals surface area contributed by atoms with Gasteiger partial charge in [-0.15, -0.1) is 0 Å². The zero-order chi connectivity index (χ0) is 7.56. The highest BCUT2D eigenvalue weighted by Gasteiger charge is 1.99. The lowest BCUT2D eigenvalue weighted by Gasteiger charge is -1.91. The van der Waals surface area contributed by atoms with Crippen LogP contribution in [0.15, 0.2) is 10.8 Å². The zero-order valence-electron chi connectivity index (χ0n) is 4.67. The first-order valence-electron chi connectivity index (χ1n) is 2.32. The first kappa shape index (κ1) is 7.45. The molecule has 0 saturated carbocycles. The fraction of sp³-hybridized carbons (Fsp3) is 0. The minimum absolute atomic E-state index is 0.207. The molecule has 0 aliphatic rings. The van der Waals surface area contributed by atoms with Gasteiger partial charge in [-0.05, 0) is 15.9 Å². The average Bonchev–Trinajstić information content (AvgIpc) is 1.95. The molecule has 1 heterocycles. The minimum Gasteiger partial charge on any atom is -0.243 e. The van der Waals surface area contributed by atoms with Gasteiger partial charge in [0.25, 0.3) is 0 Å². The van der Waals surface area contributed by atoms with E-state index in [4.69, 9.17) is 16.9 Å². The van der Waals surface area contributed by atoms with Crippen molar-refractivity contribution < 1.29 is 0 Å². The highest BCUT2D eigenvalue weighted by Crippen LogP contribution is 2.15. The molecule has 0 saturated heterocycles. The zero-order valence-corrected chi connectivity index (χ0v) is 7.02. The van der Waals surface area contributed by atoms with Crippen LogP contribution in [0, 0.1) is 11.3 Å². The van der Waals surface area contributed by atoms with Gasteiger partial charge in [0.1, 0.15) is 10.7 Å². The van der Waals surface area contributed by atoms with Crippen molar-refractivity contribution in [1.29, 1.82) is 5.26 Å². The first-order valence-corrected chi connectivity index (χ1v) is 3.49. The van der Waals surface area contributed by atoms with E-state index < -0.39 is 0 Å². The van der Waals surface area contributed by atoms with Gasteiger partial charge in [0.15, 0.2) is 10.8 Å². The largest absolute Gasteiger partial charge is 0.243 e. The van der Waals surface area contributed by atoms with E-state index in [0.29, 0.717) is 4.60 Å². The molecule has 5 heteroatoms. The maximum Gasteiger partial charge on any atom is 0.163 e. The summed E-state index contributed by atoms with van der Waals surface area (Å²) >= 11 is 8.56. The Balaban J connectivity index is 3.20. The summed E-state index contributed by atoms with van der Waals surface area (Å²) in [5, 5.41) is 8.53. The van der Waals surface area contributed by atoms with Crippen LogP contribution in [0.2, 0.25) is 5.15 Å². The second-order valence-electron chi connectivity index (χ2n) is 1.45. The molecule has 0 atom stereocenters. The van der Waals surface area contributed by atoms with Gasteiger partial charge in [0.05, 0.1) is 6.20 Å². The third-order valence-electron chi connectivity index (χ3n) is 0.804. The number of hydrogen-bond acceptors (Lipinski definition) is 3. The average molecular weight is 218 g/mol. The number of halogens is 2. The molecule has 0 radical (unpaired) electrons. The van der Waals surface area contributed by atoms with Crippen molar-refractivity contribution >= 4 is 27.5 Å². The monoisotopic (exact) mass is 217 g/mol. The van der Waals surface area contributed by atoms with Crippen LogP contribution in [-0.4, -0.2) is 9.97 Å². The lowest BCUT2D eigenvalue weighted by Crippen LogP contribution is -1.86. The molecule has 10 heavy (non-hydrogen) atoms. The Morgan fingerprint density at radius 3 is 2.90 bits per heavy atom. The molecule has 0 fully saturated rings. The van der Waals surface area contributed by atoms with Gasteiger partial charge in [0, 0.05) is 0 Å². The lowest BCUT2D eigenvalue weighted by atomic mass is 10.5. The van der Waals surface area contributed by atoms with Crippen LogP contribution in [0.5, 0.6) is 0 Å². The van der Waals surface area contributed by atoms with E-state index >= 15 is 0 Å². The van der Waals surface area contributed by atoms with Gasteiger partial charge in [-0.25, -0.2) is 9.97 Å². The van der Waals surface area contributed by atoms with Crippen molar-refractivity contribution in [2.24, 2.45) is 0 Å². The third-order valence-corrected chi connectivity index (χ3v) is 1.88. The molecule has 0 bridgehead atoms. The fourth-order valence-corrected chi connectivity index (χ4v) is 0.737. The molecular formula is C5HBrClN3. The summed E-state index contributed by atoms with van der Waals surface area (Å²) in [5.74, 6) is 0. The van der Waals surface area contributed by atoms with E-state index in [1.54, 1.807) is 0 Å². The minimum atomic E-state index is 0.207. The summed E-state index contributed by atoms with van der Waals surface area (Å²) in [6, 6.07) is 1.82. The SMILES string of the molecule is N#Cc1cnc(Br)c(Cl)n1. The van der Waals surface area contributed by atoms with Gasteiger partial charge < -0.3 is 0 Å². The predicted octanol–water partition coefficient (Wildman–Crippen LogP) is 1.76. The summed E-state index contributed by atoms with van der Waals surface area (Å²) in [6.07, 6.45) is 1.34.